The van der Waals surface area contributed by atoms with Gasteiger partial charge in [-0.05, 0) is 63.0 Å². The SMILES string of the molecule is CCCCN1CCC(c2[nH]c3cccc4c3c2CCNC4=O)CC1. The summed E-state index contributed by atoms with van der Waals surface area (Å²) >= 11 is 0. The summed E-state index contributed by atoms with van der Waals surface area (Å²) in [5.74, 6) is 0.672. The van der Waals surface area contributed by atoms with Crippen LogP contribution in [0.3, 0.4) is 0 Å². The van der Waals surface area contributed by atoms with Gasteiger partial charge in [-0.15, -0.1) is 0 Å². The van der Waals surface area contributed by atoms with Crippen molar-refractivity contribution in [3.8, 4) is 0 Å². The first-order chi connectivity index (χ1) is 11.8. The maximum absolute atomic E-state index is 12.3. The zero-order valence-electron chi connectivity index (χ0n) is 14.5. The van der Waals surface area contributed by atoms with E-state index in [1.54, 1.807) is 0 Å². The predicted molar refractivity (Wildman–Crippen MR) is 97.7 cm³/mol. The lowest BCUT2D eigenvalue weighted by molar-refractivity contribution is 0.0957. The fraction of sp³-hybridized carbons (Fsp3) is 0.550. The summed E-state index contributed by atoms with van der Waals surface area (Å²) in [6, 6.07) is 6.05. The van der Waals surface area contributed by atoms with Crippen molar-refractivity contribution in [2.45, 2.75) is 44.9 Å². The van der Waals surface area contributed by atoms with Crippen LogP contribution in [0.4, 0.5) is 0 Å². The van der Waals surface area contributed by atoms with Gasteiger partial charge in [-0.2, -0.15) is 0 Å². The quantitative estimate of drug-likeness (QED) is 0.905. The second kappa shape index (κ2) is 6.60. The second-order valence-electron chi connectivity index (χ2n) is 7.22. The van der Waals surface area contributed by atoms with Gasteiger partial charge in [0.05, 0.1) is 0 Å². The van der Waals surface area contributed by atoms with Crippen molar-refractivity contribution in [1.82, 2.24) is 15.2 Å². The van der Waals surface area contributed by atoms with Gasteiger partial charge in [0.1, 0.15) is 0 Å². The number of rotatable bonds is 4. The molecule has 2 aliphatic heterocycles. The zero-order chi connectivity index (χ0) is 16.5. The molecule has 0 bridgehead atoms. The Morgan fingerprint density at radius 3 is 2.88 bits per heavy atom. The van der Waals surface area contributed by atoms with Crippen molar-refractivity contribution in [2.75, 3.05) is 26.2 Å². The minimum Gasteiger partial charge on any atom is -0.358 e. The number of amides is 1. The van der Waals surface area contributed by atoms with Crippen LogP contribution in [-0.4, -0.2) is 42.0 Å². The minimum atomic E-state index is 0.0688. The molecular formula is C20H27N3O. The maximum atomic E-state index is 12.3. The van der Waals surface area contributed by atoms with Gasteiger partial charge in [-0.3, -0.25) is 4.79 Å². The van der Waals surface area contributed by atoms with Crippen LogP contribution >= 0.6 is 0 Å². The molecule has 0 atom stereocenters. The number of unbranched alkanes of at least 4 members (excludes halogenated alkanes) is 1. The van der Waals surface area contributed by atoms with Crippen LogP contribution < -0.4 is 5.32 Å². The first kappa shape index (κ1) is 15.7. The summed E-state index contributed by atoms with van der Waals surface area (Å²) in [5, 5.41) is 4.20. The van der Waals surface area contributed by atoms with Crippen LogP contribution in [0.25, 0.3) is 10.9 Å². The van der Waals surface area contributed by atoms with Crippen molar-refractivity contribution in [1.29, 1.82) is 0 Å². The number of aromatic amines is 1. The van der Waals surface area contributed by atoms with E-state index in [1.165, 1.54) is 56.6 Å². The Labute approximate surface area is 143 Å². The Morgan fingerprint density at radius 1 is 1.25 bits per heavy atom. The molecule has 0 unspecified atom stereocenters. The van der Waals surface area contributed by atoms with E-state index in [1.807, 2.05) is 12.1 Å². The van der Waals surface area contributed by atoms with Crippen LogP contribution in [0.2, 0.25) is 0 Å². The van der Waals surface area contributed by atoms with Gasteiger partial charge in [-0.1, -0.05) is 19.4 Å². The van der Waals surface area contributed by atoms with Crippen molar-refractivity contribution in [3.05, 3.63) is 35.0 Å². The first-order valence-corrected chi connectivity index (χ1v) is 9.42. The smallest absolute Gasteiger partial charge is 0.251 e. The summed E-state index contributed by atoms with van der Waals surface area (Å²) in [6.45, 7) is 6.64. The van der Waals surface area contributed by atoms with Crippen molar-refractivity contribution in [3.63, 3.8) is 0 Å². The van der Waals surface area contributed by atoms with Crippen LogP contribution in [-0.2, 0) is 6.42 Å². The molecule has 0 aliphatic carbocycles. The number of nitrogens with one attached hydrogen (secondary N) is 2. The Morgan fingerprint density at radius 2 is 2.08 bits per heavy atom. The summed E-state index contributed by atoms with van der Waals surface area (Å²) < 4.78 is 0. The Bertz CT molecular complexity index is 741. The van der Waals surface area contributed by atoms with Crippen LogP contribution in [0.5, 0.6) is 0 Å². The van der Waals surface area contributed by atoms with E-state index in [0.29, 0.717) is 5.92 Å². The van der Waals surface area contributed by atoms with Gasteiger partial charge in [-0.25, -0.2) is 0 Å². The van der Waals surface area contributed by atoms with Crippen molar-refractivity contribution in [2.24, 2.45) is 0 Å². The van der Waals surface area contributed by atoms with Crippen molar-refractivity contribution < 1.29 is 4.79 Å². The van der Waals surface area contributed by atoms with Gasteiger partial charge in [0.25, 0.3) is 5.91 Å². The number of hydrogen-bond donors (Lipinski definition) is 2. The monoisotopic (exact) mass is 325 g/mol. The molecule has 2 aromatic rings. The number of hydrogen-bond acceptors (Lipinski definition) is 2. The average molecular weight is 325 g/mol. The lowest BCUT2D eigenvalue weighted by Gasteiger charge is -2.32. The number of likely N-dealkylation sites (tertiary alicyclic amines) is 1. The highest BCUT2D eigenvalue weighted by Crippen LogP contribution is 2.36. The van der Waals surface area contributed by atoms with E-state index in [2.05, 4.69) is 28.2 Å². The third-order valence-electron chi connectivity index (χ3n) is 5.69. The van der Waals surface area contributed by atoms with E-state index >= 15 is 0 Å². The second-order valence-corrected chi connectivity index (χ2v) is 7.22. The summed E-state index contributed by atoms with van der Waals surface area (Å²) in [6.07, 6.45) is 5.96. The highest BCUT2D eigenvalue weighted by molar-refractivity contribution is 6.08. The molecule has 0 radical (unpaired) electrons. The molecule has 1 saturated heterocycles. The predicted octanol–water partition coefficient (Wildman–Crippen LogP) is 3.43. The average Bonchev–Trinajstić information content (AvgIpc) is 2.90. The Kier molecular flexibility index (Phi) is 4.31. The molecule has 1 amide bonds. The van der Waals surface area contributed by atoms with Crippen LogP contribution in [0.15, 0.2) is 18.2 Å². The molecule has 4 nitrogen and oxygen atoms in total. The fourth-order valence-electron chi connectivity index (χ4n) is 4.36. The number of carbonyl (C=O) groups excluding carboxylic acids is 1. The summed E-state index contributed by atoms with van der Waals surface area (Å²) in [4.78, 5) is 18.6. The molecule has 2 N–H and O–H groups in total. The van der Waals surface area contributed by atoms with E-state index in [9.17, 15) is 4.79 Å². The van der Waals surface area contributed by atoms with Gasteiger partial charge >= 0.3 is 0 Å². The molecule has 3 heterocycles. The number of carbonyl (C=O) groups is 1. The van der Waals surface area contributed by atoms with E-state index < -0.39 is 0 Å². The molecule has 1 aromatic carbocycles. The third kappa shape index (κ3) is 2.73. The number of H-pyrrole nitrogens is 1. The third-order valence-corrected chi connectivity index (χ3v) is 5.69. The van der Waals surface area contributed by atoms with Gasteiger partial charge < -0.3 is 15.2 Å². The summed E-state index contributed by atoms with van der Waals surface area (Å²) in [7, 11) is 0. The molecule has 4 heteroatoms. The van der Waals surface area contributed by atoms with Crippen LogP contribution in [0.1, 0.15) is 60.1 Å². The Hall–Kier alpha value is -1.81. The standard InChI is InChI=1S/C20H27N3O/c1-2-3-11-23-12-8-14(9-13-23)19-15-7-10-21-20(24)16-5-4-6-17(22-19)18(15)16/h4-6,14,22H,2-3,7-13H2,1H3,(H,21,24). The van der Waals surface area contributed by atoms with Gasteiger partial charge in [0.15, 0.2) is 0 Å². The number of benzene rings is 1. The van der Waals surface area contributed by atoms with E-state index in [0.717, 1.165) is 29.4 Å². The lowest BCUT2D eigenvalue weighted by atomic mass is 9.89. The number of piperidine rings is 1. The molecule has 1 aromatic heterocycles. The van der Waals surface area contributed by atoms with E-state index in [4.69, 9.17) is 0 Å². The van der Waals surface area contributed by atoms with Gasteiger partial charge in [0, 0.05) is 34.6 Å². The maximum Gasteiger partial charge on any atom is 0.251 e. The first-order valence-electron chi connectivity index (χ1n) is 9.42. The van der Waals surface area contributed by atoms with Crippen molar-refractivity contribution >= 4 is 16.8 Å². The molecule has 128 valence electrons. The number of nitrogens with zero attached hydrogens (tertiary/aromatic N) is 1. The molecule has 1 fully saturated rings. The normalized spacial score (nSPS) is 19.5. The highest BCUT2D eigenvalue weighted by atomic mass is 16.1. The van der Waals surface area contributed by atoms with E-state index in [-0.39, 0.29) is 5.91 Å². The van der Waals surface area contributed by atoms with Gasteiger partial charge in [0.2, 0.25) is 0 Å². The Balaban J connectivity index is 1.63. The van der Waals surface area contributed by atoms with Crippen LogP contribution in [0, 0.1) is 0 Å². The number of aromatic nitrogens is 1. The lowest BCUT2D eigenvalue weighted by Crippen LogP contribution is -2.34. The molecule has 0 spiro atoms. The molecule has 2 aliphatic rings. The largest absolute Gasteiger partial charge is 0.358 e. The molecular weight excluding hydrogens is 298 g/mol. The molecule has 24 heavy (non-hydrogen) atoms. The molecule has 4 rings (SSSR count). The zero-order valence-corrected chi connectivity index (χ0v) is 14.5. The topological polar surface area (TPSA) is 48.1 Å². The summed E-state index contributed by atoms with van der Waals surface area (Å²) in [5.41, 5.74) is 4.74. The molecule has 0 saturated carbocycles. The highest BCUT2D eigenvalue weighted by Gasteiger charge is 2.27. The fourth-order valence-corrected chi connectivity index (χ4v) is 4.36. The minimum absolute atomic E-state index is 0.0688.